The van der Waals surface area contributed by atoms with Gasteiger partial charge in [-0.15, -0.1) is 0 Å². The fourth-order valence-electron chi connectivity index (χ4n) is 1.95. The fraction of sp³-hybridized carbons (Fsp3) is 0.800. The van der Waals surface area contributed by atoms with Crippen LogP contribution in [0.15, 0.2) is 0 Å². The van der Waals surface area contributed by atoms with Crippen LogP contribution in [-0.4, -0.2) is 37.0 Å². The fourth-order valence-corrected chi connectivity index (χ4v) is 1.95. The second-order valence-corrected chi connectivity index (χ2v) is 3.82. The van der Waals surface area contributed by atoms with Gasteiger partial charge in [-0.05, 0) is 19.3 Å². The molecule has 1 aliphatic carbocycles. The average Bonchev–Trinajstić information content (AvgIpc) is 2.64. The second-order valence-electron chi connectivity index (χ2n) is 3.82. The smallest absolute Gasteiger partial charge is 0.308 e. The van der Waals surface area contributed by atoms with Crippen LogP contribution in [0, 0.1) is 5.92 Å². The van der Waals surface area contributed by atoms with E-state index in [1.165, 1.54) is 7.11 Å². The molecule has 1 fully saturated rings. The van der Waals surface area contributed by atoms with Crippen molar-refractivity contribution < 1.29 is 14.3 Å². The molecule has 2 atom stereocenters. The minimum absolute atomic E-state index is 0.0215. The maximum Gasteiger partial charge on any atom is 0.308 e. The molecule has 0 N–H and O–H groups in total. The number of ether oxygens (including phenoxy) is 1. The first-order valence-electron chi connectivity index (χ1n) is 4.87. The molecule has 0 bridgehead atoms. The topological polar surface area (TPSA) is 46.6 Å². The molecule has 14 heavy (non-hydrogen) atoms. The molecule has 0 aromatic rings. The molecule has 0 radical (unpaired) electrons. The molecule has 4 heteroatoms. The van der Waals surface area contributed by atoms with Gasteiger partial charge in [0.05, 0.1) is 13.0 Å². The average molecular weight is 199 g/mol. The summed E-state index contributed by atoms with van der Waals surface area (Å²) < 4.78 is 4.68. The van der Waals surface area contributed by atoms with Crippen molar-refractivity contribution in [2.24, 2.45) is 5.92 Å². The van der Waals surface area contributed by atoms with Crippen LogP contribution in [0.4, 0.5) is 0 Å². The number of hydrogen-bond donors (Lipinski definition) is 0. The predicted molar refractivity (Wildman–Crippen MR) is 51.6 cm³/mol. The van der Waals surface area contributed by atoms with Gasteiger partial charge in [0.25, 0.3) is 0 Å². The number of amides is 1. The van der Waals surface area contributed by atoms with Crippen LogP contribution in [0.1, 0.15) is 26.2 Å². The molecule has 0 spiro atoms. The summed E-state index contributed by atoms with van der Waals surface area (Å²) in [5.41, 5.74) is 0. The molecule has 1 rings (SSSR count). The van der Waals surface area contributed by atoms with E-state index in [4.69, 9.17) is 0 Å². The van der Waals surface area contributed by atoms with Crippen LogP contribution in [0.5, 0.6) is 0 Å². The first kappa shape index (κ1) is 11.0. The Kier molecular flexibility index (Phi) is 3.49. The van der Waals surface area contributed by atoms with Gasteiger partial charge in [0.2, 0.25) is 5.91 Å². The molecule has 0 aromatic carbocycles. The lowest BCUT2D eigenvalue weighted by atomic mass is 10.1. The van der Waals surface area contributed by atoms with Crippen LogP contribution >= 0.6 is 0 Å². The van der Waals surface area contributed by atoms with Crippen molar-refractivity contribution in [2.45, 2.75) is 32.2 Å². The number of carbonyl (C=O) groups excluding carboxylic acids is 2. The molecule has 80 valence electrons. The van der Waals surface area contributed by atoms with Crippen molar-refractivity contribution in [3.63, 3.8) is 0 Å². The monoisotopic (exact) mass is 199 g/mol. The first-order valence-corrected chi connectivity index (χ1v) is 4.87. The van der Waals surface area contributed by atoms with E-state index in [0.29, 0.717) is 0 Å². The Morgan fingerprint density at radius 1 is 1.36 bits per heavy atom. The number of hydrogen-bond acceptors (Lipinski definition) is 3. The molecule has 0 unspecified atom stereocenters. The normalized spacial score (nSPS) is 25.9. The van der Waals surface area contributed by atoms with E-state index in [9.17, 15) is 9.59 Å². The summed E-state index contributed by atoms with van der Waals surface area (Å²) in [7, 11) is 3.19. The quantitative estimate of drug-likeness (QED) is 0.618. The largest absolute Gasteiger partial charge is 0.469 e. The predicted octanol–water partition coefficient (Wildman–Crippen LogP) is 0.806. The van der Waals surface area contributed by atoms with Crippen LogP contribution in [0.2, 0.25) is 0 Å². The van der Waals surface area contributed by atoms with E-state index in [1.54, 1.807) is 18.9 Å². The lowest BCUT2D eigenvalue weighted by molar-refractivity contribution is -0.145. The van der Waals surface area contributed by atoms with E-state index >= 15 is 0 Å². The van der Waals surface area contributed by atoms with Crippen molar-refractivity contribution >= 4 is 11.9 Å². The Balaban J connectivity index is 2.49. The van der Waals surface area contributed by atoms with Gasteiger partial charge in [-0.25, -0.2) is 0 Å². The summed E-state index contributed by atoms with van der Waals surface area (Å²) in [6.45, 7) is 1.55. The Bertz CT molecular complexity index is 240. The SMILES string of the molecule is COC(=O)[C@H]1CC[C@@H](N(C)C(C)=O)C1. The molecule has 0 heterocycles. The maximum absolute atomic E-state index is 11.2. The molecular weight excluding hydrogens is 182 g/mol. The van der Waals surface area contributed by atoms with Crippen molar-refractivity contribution in [3.8, 4) is 0 Å². The Morgan fingerprint density at radius 2 is 2.00 bits per heavy atom. The van der Waals surface area contributed by atoms with E-state index in [-0.39, 0.29) is 23.8 Å². The van der Waals surface area contributed by atoms with Gasteiger partial charge in [-0.2, -0.15) is 0 Å². The minimum Gasteiger partial charge on any atom is -0.469 e. The van der Waals surface area contributed by atoms with Crippen molar-refractivity contribution in [1.29, 1.82) is 0 Å². The van der Waals surface area contributed by atoms with Gasteiger partial charge < -0.3 is 9.64 Å². The molecule has 0 saturated heterocycles. The zero-order valence-corrected chi connectivity index (χ0v) is 8.95. The van der Waals surface area contributed by atoms with Crippen LogP contribution < -0.4 is 0 Å². The number of rotatable bonds is 2. The summed E-state index contributed by atoms with van der Waals surface area (Å²) in [5, 5.41) is 0. The Morgan fingerprint density at radius 3 is 2.50 bits per heavy atom. The summed E-state index contributed by atoms with van der Waals surface area (Å²) in [6, 6.07) is 0.205. The van der Waals surface area contributed by atoms with Gasteiger partial charge in [0.15, 0.2) is 0 Å². The highest BCUT2D eigenvalue weighted by Crippen LogP contribution is 2.29. The zero-order valence-electron chi connectivity index (χ0n) is 8.95. The molecule has 1 aliphatic rings. The molecule has 0 aromatic heterocycles. The lowest BCUT2D eigenvalue weighted by Crippen LogP contribution is -2.33. The van der Waals surface area contributed by atoms with E-state index in [2.05, 4.69) is 4.74 Å². The molecule has 0 aliphatic heterocycles. The number of methoxy groups -OCH3 is 1. The molecule has 1 amide bonds. The van der Waals surface area contributed by atoms with Crippen molar-refractivity contribution in [2.75, 3.05) is 14.2 Å². The molecular formula is C10H17NO3. The number of esters is 1. The lowest BCUT2D eigenvalue weighted by Gasteiger charge is -2.22. The van der Waals surface area contributed by atoms with Gasteiger partial charge in [0.1, 0.15) is 0 Å². The van der Waals surface area contributed by atoms with Crippen molar-refractivity contribution in [1.82, 2.24) is 4.90 Å². The zero-order chi connectivity index (χ0) is 10.7. The van der Waals surface area contributed by atoms with E-state index in [0.717, 1.165) is 19.3 Å². The number of nitrogens with zero attached hydrogens (tertiary/aromatic N) is 1. The first-order chi connectivity index (χ1) is 6.56. The highest BCUT2D eigenvalue weighted by Gasteiger charge is 2.33. The highest BCUT2D eigenvalue weighted by atomic mass is 16.5. The van der Waals surface area contributed by atoms with Crippen LogP contribution in [-0.2, 0) is 14.3 Å². The third-order valence-electron chi connectivity index (χ3n) is 2.98. The Labute approximate surface area is 84.2 Å². The highest BCUT2D eigenvalue weighted by molar-refractivity contribution is 5.75. The van der Waals surface area contributed by atoms with Gasteiger partial charge in [0, 0.05) is 20.0 Å². The van der Waals surface area contributed by atoms with E-state index in [1.807, 2.05) is 0 Å². The summed E-state index contributed by atoms with van der Waals surface area (Å²) in [5.74, 6) is -0.114. The minimum atomic E-state index is -0.149. The summed E-state index contributed by atoms with van der Waals surface area (Å²) in [4.78, 5) is 24.0. The second kappa shape index (κ2) is 4.44. The summed E-state index contributed by atoms with van der Waals surface area (Å²) >= 11 is 0. The third-order valence-corrected chi connectivity index (χ3v) is 2.98. The number of carbonyl (C=O) groups is 2. The Hall–Kier alpha value is -1.06. The third kappa shape index (κ3) is 2.25. The standard InChI is InChI=1S/C10H17NO3/c1-7(12)11(2)9-5-4-8(6-9)10(13)14-3/h8-9H,4-6H2,1-3H3/t8-,9+/m0/s1. The molecule has 4 nitrogen and oxygen atoms in total. The summed E-state index contributed by atoms with van der Waals surface area (Å²) in [6.07, 6.45) is 2.47. The van der Waals surface area contributed by atoms with Gasteiger partial charge in [-0.3, -0.25) is 9.59 Å². The van der Waals surface area contributed by atoms with Crippen LogP contribution in [0.3, 0.4) is 0 Å². The van der Waals surface area contributed by atoms with Gasteiger partial charge in [-0.1, -0.05) is 0 Å². The molecule has 1 saturated carbocycles. The van der Waals surface area contributed by atoms with E-state index < -0.39 is 0 Å². The van der Waals surface area contributed by atoms with Crippen LogP contribution in [0.25, 0.3) is 0 Å². The maximum atomic E-state index is 11.2. The van der Waals surface area contributed by atoms with Gasteiger partial charge >= 0.3 is 5.97 Å². The van der Waals surface area contributed by atoms with Crippen molar-refractivity contribution in [3.05, 3.63) is 0 Å².